The van der Waals surface area contributed by atoms with E-state index in [0.29, 0.717) is 0 Å². The van der Waals surface area contributed by atoms with Crippen molar-refractivity contribution in [2.45, 2.75) is 6.92 Å². The van der Waals surface area contributed by atoms with Crippen LogP contribution >= 0.6 is 22.6 Å². The number of rotatable bonds is 0. The van der Waals surface area contributed by atoms with Crippen molar-refractivity contribution in [2.75, 3.05) is 0 Å². The molecule has 2 aromatic rings. The van der Waals surface area contributed by atoms with Gasteiger partial charge in [-0.3, -0.25) is 4.79 Å². The van der Waals surface area contributed by atoms with E-state index in [0.717, 1.165) is 20.0 Å². The number of hydrogen-bond acceptors (Lipinski definition) is 1. The van der Waals surface area contributed by atoms with Gasteiger partial charge in [-0.25, -0.2) is 0 Å². The van der Waals surface area contributed by atoms with E-state index in [1.54, 1.807) is 6.20 Å². The summed E-state index contributed by atoms with van der Waals surface area (Å²) in [6.45, 7) is 1.82. The minimum atomic E-state index is 0.118. The molecular weight excluding hydrogens is 277 g/mol. The Morgan fingerprint density at radius 3 is 2.92 bits per heavy atom. The number of aryl methyl sites for hydroxylation is 1. The molecule has 66 valence electrons. The fourth-order valence-electron chi connectivity index (χ4n) is 1.29. The smallest absolute Gasteiger partial charge is 0.192 e. The predicted octanol–water partition coefficient (Wildman–Crippen LogP) is 2.44. The van der Waals surface area contributed by atoms with Gasteiger partial charge < -0.3 is 4.98 Å². The fourth-order valence-corrected chi connectivity index (χ4v) is 1.79. The van der Waals surface area contributed by atoms with Gasteiger partial charge in [0, 0.05) is 26.2 Å². The highest BCUT2D eigenvalue weighted by Gasteiger charge is 2.00. The van der Waals surface area contributed by atoms with Gasteiger partial charge in [-0.2, -0.15) is 0 Å². The molecule has 0 bridgehead atoms. The zero-order valence-corrected chi connectivity index (χ0v) is 9.25. The van der Waals surface area contributed by atoms with Crippen LogP contribution in [0.1, 0.15) is 5.56 Å². The lowest BCUT2D eigenvalue weighted by Crippen LogP contribution is -2.06. The van der Waals surface area contributed by atoms with E-state index < -0.39 is 0 Å². The molecule has 1 N–H and O–H groups in total. The quantitative estimate of drug-likeness (QED) is 0.741. The third kappa shape index (κ3) is 1.48. The van der Waals surface area contributed by atoms with Gasteiger partial charge in [0.25, 0.3) is 0 Å². The van der Waals surface area contributed by atoms with Gasteiger partial charge in [0.1, 0.15) is 0 Å². The maximum absolute atomic E-state index is 11.7. The molecule has 0 unspecified atom stereocenters. The molecule has 0 saturated carbocycles. The number of pyridine rings is 1. The summed E-state index contributed by atoms with van der Waals surface area (Å²) in [4.78, 5) is 14.7. The normalized spacial score (nSPS) is 10.6. The summed E-state index contributed by atoms with van der Waals surface area (Å²) < 4.78 is 1.08. The van der Waals surface area contributed by atoms with Crippen molar-refractivity contribution in [3.05, 3.63) is 43.8 Å². The topological polar surface area (TPSA) is 32.9 Å². The van der Waals surface area contributed by atoms with E-state index in [4.69, 9.17) is 0 Å². The van der Waals surface area contributed by atoms with Crippen LogP contribution in [0.5, 0.6) is 0 Å². The number of aromatic nitrogens is 1. The molecule has 0 atom stereocenters. The standard InChI is InChI=1S/C10H8INO/c1-6-5-12-9-3-2-7(11)4-8(9)10(6)13/h2-5H,1H3,(H,12,13). The van der Waals surface area contributed by atoms with Gasteiger partial charge >= 0.3 is 0 Å². The molecule has 13 heavy (non-hydrogen) atoms. The summed E-state index contributed by atoms with van der Waals surface area (Å²) in [6.07, 6.45) is 1.75. The average Bonchev–Trinajstić information content (AvgIpc) is 2.12. The third-order valence-electron chi connectivity index (χ3n) is 2.03. The Labute approximate surface area is 89.1 Å². The summed E-state index contributed by atoms with van der Waals surface area (Å²) in [5, 5.41) is 0.770. The van der Waals surface area contributed by atoms with E-state index >= 15 is 0 Å². The van der Waals surface area contributed by atoms with Crippen LogP contribution in [-0.4, -0.2) is 4.98 Å². The lowest BCUT2D eigenvalue weighted by Gasteiger charge is -1.99. The zero-order valence-electron chi connectivity index (χ0n) is 7.10. The minimum absolute atomic E-state index is 0.118. The largest absolute Gasteiger partial charge is 0.361 e. The van der Waals surface area contributed by atoms with Gasteiger partial charge in [0.15, 0.2) is 5.43 Å². The maximum atomic E-state index is 11.7. The van der Waals surface area contributed by atoms with Crippen LogP contribution in [0.2, 0.25) is 0 Å². The Balaban J connectivity index is 2.97. The monoisotopic (exact) mass is 285 g/mol. The van der Waals surface area contributed by atoms with E-state index in [-0.39, 0.29) is 5.43 Å². The summed E-state index contributed by atoms with van der Waals surface area (Å²) in [5.74, 6) is 0. The van der Waals surface area contributed by atoms with Crippen molar-refractivity contribution < 1.29 is 0 Å². The van der Waals surface area contributed by atoms with Gasteiger partial charge in [-0.05, 0) is 47.7 Å². The molecule has 0 fully saturated rings. The van der Waals surface area contributed by atoms with Gasteiger partial charge in [-0.1, -0.05) is 0 Å². The Hall–Kier alpha value is -0.840. The van der Waals surface area contributed by atoms with Crippen molar-refractivity contribution in [2.24, 2.45) is 0 Å². The second-order valence-electron chi connectivity index (χ2n) is 2.99. The summed E-state index contributed by atoms with van der Waals surface area (Å²) >= 11 is 2.20. The van der Waals surface area contributed by atoms with Crippen LogP contribution in [0.15, 0.2) is 29.2 Å². The van der Waals surface area contributed by atoms with Crippen LogP contribution in [0.4, 0.5) is 0 Å². The molecule has 3 heteroatoms. The number of halogens is 1. The Kier molecular flexibility index (Phi) is 2.11. The molecule has 1 aromatic carbocycles. The van der Waals surface area contributed by atoms with E-state index in [2.05, 4.69) is 27.6 Å². The maximum Gasteiger partial charge on any atom is 0.192 e. The molecule has 1 aromatic heterocycles. The van der Waals surface area contributed by atoms with Crippen LogP contribution in [-0.2, 0) is 0 Å². The summed E-state index contributed by atoms with van der Waals surface area (Å²) in [6, 6.07) is 5.81. The van der Waals surface area contributed by atoms with Crippen molar-refractivity contribution in [1.29, 1.82) is 0 Å². The van der Waals surface area contributed by atoms with Crippen molar-refractivity contribution >= 4 is 33.5 Å². The lowest BCUT2D eigenvalue weighted by atomic mass is 10.2. The molecule has 0 spiro atoms. The number of hydrogen-bond donors (Lipinski definition) is 1. The fraction of sp³-hybridized carbons (Fsp3) is 0.100. The molecule has 1 heterocycles. The average molecular weight is 285 g/mol. The van der Waals surface area contributed by atoms with Gasteiger partial charge in [0.2, 0.25) is 0 Å². The highest BCUT2D eigenvalue weighted by Crippen LogP contribution is 2.12. The molecule has 0 aliphatic carbocycles. The van der Waals surface area contributed by atoms with Crippen LogP contribution in [0, 0.1) is 10.5 Å². The van der Waals surface area contributed by atoms with Gasteiger partial charge in [-0.15, -0.1) is 0 Å². The Morgan fingerprint density at radius 2 is 2.15 bits per heavy atom. The third-order valence-corrected chi connectivity index (χ3v) is 2.70. The van der Waals surface area contributed by atoms with Crippen molar-refractivity contribution in [3.8, 4) is 0 Å². The molecule has 0 aliphatic heterocycles. The SMILES string of the molecule is Cc1c[nH]c2ccc(I)cc2c1=O. The van der Waals surface area contributed by atoms with Gasteiger partial charge in [0.05, 0.1) is 0 Å². The molecule has 2 rings (SSSR count). The molecule has 0 radical (unpaired) electrons. The van der Waals surface area contributed by atoms with Crippen molar-refractivity contribution in [1.82, 2.24) is 4.98 Å². The summed E-state index contributed by atoms with van der Waals surface area (Å²) in [7, 11) is 0. The second kappa shape index (κ2) is 3.14. The van der Waals surface area contributed by atoms with Crippen LogP contribution in [0.25, 0.3) is 10.9 Å². The Morgan fingerprint density at radius 1 is 1.38 bits per heavy atom. The van der Waals surface area contributed by atoms with Crippen LogP contribution in [0.3, 0.4) is 0 Å². The zero-order chi connectivity index (χ0) is 9.42. The molecule has 2 nitrogen and oxygen atoms in total. The first kappa shape index (κ1) is 8.74. The van der Waals surface area contributed by atoms with E-state index in [9.17, 15) is 4.79 Å². The molecule has 0 saturated heterocycles. The molecule has 0 amide bonds. The first-order valence-corrected chi connectivity index (χ1v) is 5.04. The predicted molar refractivity (Wildman–Crippen MR) is 62.0 cm³/mol. The summed E-state index contributed by atoms with van der Waals surface area (Å²) in [5.41, 5.74) is 1.78. The van der Waals surface area contributed by atoms with Crippen LogP contribution < -0.4 is 5.43 Å². The first-order valence-electron chi connectivity index (χ1n) is 3.96. The number of nitrogens with one attached hydrogen (secondary N) is 1. The molecular formula is C10H8INO. The number of fused-ring (bicyclic) bond motifs is 1. The Bertz CT molecular complexity index is 511. The first-order chi connectivity index (χ1) is 6.18. The second-order valence-corrected chi connectivity index (χ2v) is 4.24. The highest BCUT2D eigenvalue weighted by atomic mass is 127. The van der Waals surface area contributed by atoms with E-state index in [1.807, 2.05) is 25.1 Å². The number of benzene rings is 1. The number of aromatic amines is 1. The highest BCUT2D eigenvalue weighted by molar-refractivity contribution is 14.1. The van der Waals surface area contributed by atoms with E-state index in [1.165, 1.54) is 0 Å². The van der Waals surface area contributed by atoms with Crippen molar-refractivity contribution in [3.63, 3.8) is 0 Å². The lowest BCUT2D eigenvalue weighted by molar-refractivity contribution is 1.30. The number of H-pyrrole nitrogens is 1. The molecule has 0 aliphatic rings. The minimum Gasteiger partial charge on any atom is -0.361 e.